The van der Waals surface area contributed by atoms with Crippen LogP contribution in [0, 0.1) is 5.82 Å². The largest absolute Gasteiger partial charge is 0.484 e. The number of rotatable bonds is 8. The number of halogens is 1. The number of unbranched alkanes of at least 4 members (excludes halogenated alkanes) is 2. The predicted molar refractivity (Wildman–Crippen MR) is 83.7 cm³/mol. The summed E-state index contributed by atoms with van der Waals surface area (Å²) >= 11 is 1.37. The van der Waals surface area contributed by atoms with Crippen LogP contribution < -0.4 is 10.1 Å². The van der Waals surface area contributed by atoms with Crippen molar-refractivity contribution in [1.82, 2.24) is 10.2 Å². The van der Waals surface area contributed by atoms with Crippen LogP contribution in [0.5, 0.6) is 5.75 Å². The number of nitrogens with one attached hydrogen (secondary N) is 1. The second-order valence-electron chi connectivity index (χ2n) is 4.75. The topological polar surface area (TPSA) is 64.1 Å². The molecular formula is C15H18FN3O2S. The molecule has 7 heteroatoms. The van der Waals surface area contributed by atoms with Crippen molar-refractivity contribution >= 4 is 22.4 Å². The van der Waals surface area contributed by atoms with Gasteiger partial charge in [-0.25, -0.2) is 4.39 Å². The molecule has 0 unspecified atom stereocenters. The molecule has 1 aromatic carbocycles. The molecule has 5 nitrogen and oxygen atoms in total. The van der Waals surface area contributed by atoms with Crippen LogP contribution in [0.2, 0.25) is 0 Å². The molecular weight excluding hydrogens is 305 g/mol. The van der Waals surface area contributed by atoms with Gasteiger partial charge in [0.2, 0.25) is 5.13 Å². The molecule has 1 heterocycles. The first kappa shape index (κ1) is 16.4. The van der Waals surface area contributed by atoms with E-state index in [-0.39, 0.29) is 12.5 Å². The van der Waals surface area contributed by atoms with Crippen LogP contribution in [0.25, 0.3) is 0 Å². The van der Waals surface area contributed by atoms with E-state index in [1.165, 1.54) is 29.5 Å². The third-order valence-electron chi connectivity index (χ3n) is 2.87. The quantitative estimate of drug-likeness (QED) is 0.756. The Morgan fingerprint density at radius 2 is 2.23 bits per heavy atom. The number of aromatic nitrogens is 2. The zero-order valence-electron chi connectivity index (χ0n) is 12.3. The van der Waals surface area contributed by atoms with Crippen molar-refractivity contribution in [3.63, 3.8) is 0 Å². The Balaban J connectivity index is 1.77. The van der Waals surface area contributed by atoms with E-state index < -0.39 is 5.82 Å². The van der Waals surface area contributed by atoms with Crippen molar-refractivity contribution in [1.29, 1.82) is 0 Å². The molecule has 22 heavy (non-hydrogen) atoms. The summed E-state index contributed by atoms with van der Waals surface area (Å²) in [5, 5.41) is 12.0. The Kier molecular flexibility index (Phi) is 6.27. The van der Waals surface area contributed by atoms with Gasteiger partial charge in [0.25, 0.3) is 5.91 Å². The van der Waals surface area contributed by atoms with Crippen LogP contribution in [0.15, 0.2) is 24.3 Å². The van der Waals surface area contributed by atoms with Crippen LogP contribution in [0.3, 0.4) is 0 Å². The second kappa shape index (κ2) is 8.43. The molecule has 0 fully saturated rings. The summed E-state index contributed by atoms with van der Waals surface area (Å²) in [5.74, 6) is -0.438. The van der Waals surface area contributed by atoms with Gasteiger partial charge in [0.05, 0.1) is 0 Å². The summed E-state index contributed by atoms with van der Waals surface area (Å²) in [5.41, 5.74) is 0. The van der Waals surface area contributed by atoms with Crippen molar-refractivity contribution in [2.24, 2.45) is 0 Å². The maximum Gasteiger partial charge on any atom is 0.264 e. The maximum atomic E-state index is 13.0. The third kappa shape index (κ3) is 5.40. The van der Waals surface area contributed by atoms with E-state index in [1.807, 2.05) is 0 Å². The van der Waals surface area contributed by atoms with Crippen LogP contribution in [0.1, 0.15) is 31.2 Å². The van der Waals surface area contributed by atoms with Gasteiger partial charge >= 0.3 is 0 Å². The number of benzene rings is 1. The number of amides is 1. The van der Waals surface area contributed by atoms with Gasteiger partial charge in [-0.15, -0.1) is 10.2 Å². The van der Waals surface area contributed by atoms with E-state index in [1.54, 1.807) is 6.07 Å². The summed E-state index contributed by atoms with van der Waals surface area (Å²) in [6, 6.07) is 5.65. The fourth-order valence-electron chi connectivity index (χ4n) is 1.79. The van der Waals surface area contributed by atoms with Crippen molar-refractivity contribution < 1.29 is 13.9 Å². The minimum atomic E-state index is -0.404. The van der Waals surface area contributed by atoms with Crippen LogP contribution in [-0.4, -0.2) is 22.7 Å². The minimum Gasteiger partial charge on any atom is -0.484 e. The fourth-order valence-corrected chi connectivity index (χ4v) is 2.59. The lowest BCUT2D eigenvalue weighted by atomic mass is 10.2. The second-order valence-corrected chi connectivity index (χ2v) is 5.81. The first-order valence-corrected chi connectivity index (χ1v) is 7.99. The van der Waals surface area contributed by atoms with E-state index in [0.29, 0.717) is 10.9 Å². The average molecular weight is 323 g/mol. The Labute approximate surface area is 132 Å². The van der Waals surface area contributed by atoms with Gasteiger partial charge in [-0.05, 0) is 18.6 Å². The third-order valence-corrected chi connectivity index (χ3v) is 3.77. The molecule has 0 aliphatic carbocycles. The predicted octanol–water partition coefficient (Wildman–Crippen LogP) is 3.43. The monoisotopic (exact) mass is 323 g/mol. The molecule has 0 saturated carbocycles. The first-order chi connectivity index (χ1) is 10.7. The molecule has 1 amide bonds. The summed E-state index contributed by atoms with van der Waals surface area (Å²) < 4.78 is 18.2. The van der Waals surface area contributed by atoms with Crippen LogP contribution in [0.4, 0.5) is 9.52 Å². The normalized spacial score (nSPS) is 10.5. The van der Waals surface area contributed by atoms with E-state index in [0.717, 1.165) is 30.7 Å². The smallest absolute Gasteiger partial charge is 0.264 e. The first-order valence-electron chi connectivity index (χ1n) is 7.18. The average Bonchev–Trinajstić information content (AvgIpc) is 2.93. The molecule has 0 saturated heterocycles. The molecule has 2 rings (SSSR count). The van der Waals surface area contributed by atoms with Crippen molar-refractivity contribution in [3.05, 3.63) is 35.1 Å². The molecule has 1 N–H and O–H groups in total. The van der Waals surface area contributed by atoms with Gasteiger partial charge in [0, 0.05) is 12.5 Å². The number of aryl methyl sites for hydroxylation is 1. The molecule has 0 aliphatic rings. The molecule has 2 aromatic rings. The molecule has 1 aromatic heterocycles. The van der Waals surface area contributed by atoms with Crippen molar-refractivity contribution in [3.8, 4) is 5.75 Å². The summed E-state index contributed by atoms with van der Waals surface area (Å²) in [7, 11) is 0. The number of hydrogen-bond acceptors (Lipinski definition) is 5. The maximum absolute atomic E-state index is 13.0. The summed E-state index contributed by atoms with van der Waals surface area (Å²) in [4.78, 5) is 11.7. The Morgan fingerprint density at radius 1 is 1.36 bits per heavy atom. The van der Waals surface area contributed by atoms with Gasteiger partial charge in [-0.3, -0.25) is 10.1 Å². The van der Waals surface area contributed by atoms with Gasteiger partial charge in [-0.1, -0.05) is 37.2 Å². The summed E-state index contributed by atoms with van der Waals surface area (Å²) in [6.45, 7) is 1.94. The van der Waals surface area contributed by atoms with E-state index in [2.05, 4.69) is 22.4 Å². The Morgan fingerprint density at radius 3 is 3.00 bits per heavy atom. The highest BCUT2D eigenvalue weighted by Gasteiger charge is 2.09. The van der Waals surface area contributed by atoms with Gasteiger partial charge in [-0.2, -0.15) is 0 Å². The van der Waals surface area contributed by atoms with E-state index in [4.69, 9.17) is 4.74 Å². The van der Waals surface area contributed by atoms with Crippen LogP contribution >= 0.6 is 11.3 Å². The van der Waals surface area contributed by atoms with Crippen molar-refractivity contribution in [2.45, 2.75) is 32.6 Å². The standard InChI is InChI=1S/C15H18FN3O2S/c1-2-3-4-8-14-18-19-15(22-14)17-13(20)10-21-12-7-5-6-11(16)9-12/h5-7,9H,2-4,8,10H2,1H3,(H,17,19,20). The lowest BCUT2D eigenvalue weighted by molar-refractivity contribution is -0.118. The zero-order valence-corrected chi connectivity index (χ0v) is 13.2. The highest BCUT2D eigenvalue weighted by molar-refractivity contribution is 7.15. The highest BCUT2D eigenvalue weighted by Crippen LogP contribution is 2.17. The zero-order chi connectivity index (χ0) is 15.8. The molecule has 118 valence electrons. The molecule has 0 aliphatic heterocycles. The number of carbonyl (C=O) groups excluding carboxylic acids is 1. The fraction of sp³-hybridized carbons (Fsp3) is 0.400. The SMILES string of the molecule is CCCCCc1nnc(NC(=O)COc2cccc(F)c2)s1. The van der Waals surface area contributed by atoms with E-state index >= 15 is 0 Å². The number of hydrogen-bond donors (Lipinski definition) is 1. The lowest BCUT2D eigenvalue weighted by Gasteiger charge is -2.05. The number of carbonyl (C=O) groups is 1. The van der Waals surface area contributed by atoms with Crippen molar-refractivity contribution in [2.75, 3.05) is 11.9 Å². The summed E-state index contributed by atoms with van der Waals surface area (Å²) in [6.07, 6.45) is 4.26. The molecule has 0 radical (unpaired) electrons. The van der Waals surface area contributed by atoms with E-state index in [9.17, 15) is 9.18 Å². The van der Waals surface area contributed by atoms with Crippen LogP contribution in [-0.2, 0) is 11.2 Å². The number of nitrogens with zero attached hydrogens (tertiary/aromatic N) is 2. The number of anilines is 1. The minimum absolute atomic E-state index is 0.200. The molecule has 0 spiro atoms. The lowest BCUT2D eigenvalue weighted by Crippen LogP contribution is -2.20. The molecule has 0 bridgehead atoms. The number of ether oxygens (including phenoxy) is 1. The highest BCUT2D eigenvalue weighted by atomic mass is 32.1. The molecule has 0 atom stereocenters. The Bertz CT molecular complexity index is 618. The Hall–Kier alpha value is -2.02. The van der Waals surface area contributed by atoms with Gasteiger partial charge in [0.1, 0.15) is 16.6 Å². The van der Waals surface area contributed by atoms with Gasteiger partial charge in [0.15, 0.2) is 6.61 Å². The van der Waals surface area contributed by atoms with Gasteiger partial charge < -0.3 is 4.74 Å².